The molecule has 15 heteroatoms. The maximum atomic E-state index is 13.0. The predicted molar refractivity (Wildman–Crippen MR) is 248 cm³/mol. The summed E-state index contributed by atoms with van der Waals surface area (Å²) in [5, 5.41) is 0. The first-order valence-corrected chi connectivity index (χ1v) is 25.0. The quantitative estimate of drug-likeness (QED) is 0.119. The molecule has 61 heavy (non-hydrogen) atoms. The van der Waals surface area contributed by atoms with Gasteiger partial charge >= 0.3 is 12.1 Å². The summed E-state index contributed by atoms with van der Waals surface area (Å²) in [4.78, 5) is 33.5. The molecule has 2 fully saturated rings. The molecule has 2 saturated heterocycles. The molecule has 12 nitrogen and oxygen atoms in total. The first kappa shape index (κ1) is 48.9. The Labute approximate surface area is 368 Å². The molecule has 2 aliphatic heterocycles. The lowest BCUT2D eigenvalue weighted by atomic mass is 9.87. The zero-order valence-corrected chi connectivity index (χ0v) is 39.2. The number of hydrogen-bond donors (Lipinski definition) is 2. The molecule has 4 aromatic carbocycles. The second-order valence-electron chi connectivity index (χ2n) is 17.8. The number of nitrogens with zero attached hydrogens (tertiary/aromatic N) is 4. The van der Waals surface area contributed by atoms with Crippen LogP contribution in [0.2, 0.25) is 0 Å². The summed E-state index contributed by atoms with van der Waals surface area (Å²) in [5.41, 5.74) is 14.3. The number of nitrogens with one attached hydrogen (secondary N) is 1. The molecule has 0 unspecified atom stereocenters. The predicted octanol–water partition coefficient (Wildman–Crippen LogP) is 8.76. The zero-order valence-electron chi connectivity index (χ0n) is 36.8. The van der Waals surface area contributed by atoms with Crippen molar-refractivity contribution in [1.82, 2.24) is 19.6 Å². The number of rotatable bonds is 10. The number of benzene rings is 4. The van der Waals surface area contributed by atoms with Crippen LogP contribution in [0.1, 0.15) is 87.8 Å². The fourth-order valence-electron chi connectivity index (χ4n) is 6.89. The number of nitrogen functional groups attached to an aromatic ring is 1. The van der Waals surface area contributed by atoms with Gasteiger partial charge in [0.15, 0.2) is 0 Å². The number of anilines is 2. The number of carbonyl (C=O) groups is 2. The van der Waals surface area contributed by atoms with Crippen LogP contribution in [0.5, 0.6) is 0 Å². The maximum Gasteiger partial charge on any atom is 0.320 e. The molecule has 0 radical (unpaired) electrons. The fourth-order valence-corrected chi connectivity index (χ4v) is 7.46. The van der Waals surface area contributed by atoms with E-state index in [9.17, 15) is 26.4 Å². The van der Waals surface area contributed by atoms with Gasteiger partial charge in [0.2, 0.25) is 19.1 Å². The summed E-state index contributed by atoms with van der Waals surface area (Å²) >= 11 is 0. The Bertz CT molecular complexity index is 2270. The molecule has 332 valence electrons. The van der Waals surface area contributed by atoms with Crippen molar-refractivity contribution in [3.05, 3.63) is 130 Å². The van der Waals surface area contributed by atoms with Crippen LogP contribution in [0.25, 0.3) is 0 Å². The number of sulfonamides is 1. The topological polar surface area (TPSA) is 153 Å². The van der Waals surface area contributed by atoms with Crippen LogP contribution in [0.15, 0.2) is 97.1 Å². The highest BCUT2D eigenvalue weighted by Gasteiger charge is 2.27. The van der Waals surface area contributed by atoms with Crippen molar-refractivity contribution >= 4 is 53.2 Å². The lowest BCUT2D eigenvalue weighted by molar-refractivity contribution is 0.123. The van der Waals surface area contributed by atoms with Gasteiger partial charge in [-0.15, -0.1) is 0 Å². The minimum atomic E-state index is -3.30. The van der Waals surface area contributed by atoms with Crippen molar-refractivity contribution in [2.75, 3.05) is 49.1 Å². The molecule has 2 heterocycles. The van der Waals surface area contributed by atoms with E-state index in [0.717, 1.165) is 73.9 Å². The van der Waals surface area contributed by atoms with E-state index in [2.05, 4.69) is 105 Å². The third-order valence-corrected chi connectivity index (χ3v) is 10.8. The number of urea groups is 2. The largest absolute Gasteiger partial charge is 0.399 e. The average Bonchev–Trinajstić information content (AvgIpc) is 3.15. The van der Waals surface area contributed by atoms with E-state index in [1.165, 1.54) is 16.7 Å². The minimum Gasteiger partial charge on any atom is -0.399 e. The smallest absolute Gasteiger partial charge is 0.320 e. The Balaban J connectivity index is 0.000000244. The molecule has 3 N–H and O–H groups in total. The SMILES string of the molecule is CC(C)(C)c1ccc(CN2CCCN(Cc3ccc(N)cc3)C2=O)cc1.CC(C)(C)c1ccc(CN2CCCN(Cc3ccc(NS(C)(=O)=O)cc3)C2=O)cc1.CS(=O)(=O)Cl. The number of amides is 4. The maximum absolute atomic E-state index is 13.0. The van der Waals surface area contributed by atoms with Crippen molar-refractivity contribution in [2.24, 2.45) is 0 Å². The van der Waals surface area contributed by atoms with Gasteiger partial charge in [-0.2, -0.15) is 0 Å². The lowest BCUT2D eigenvalue weighted by Crippen LogP contribution is -2.48. The minimum absolute atomic E-state index is 0.0412. The first-order valence-electron chi connectivity index (χ1n) is 20.4. The molecule has 0 aliphatic carbocycles. The highest BCUT2D eigenvalue weighted by atomic mass is 35.7. The van der Waals surface area contributed by atoms with Crippen LogP contribution in [-0.4, -0.2) is 87.2 Å². The van der Waals surface area contributed by atoms with Gasteiger partial charge in [0, 0.05) is 74.4 Å². The van der Waals surface area contributed by atoms with Gasteiger partial charge in [-0.25, -0.2) is 26.4 Å². The standard InChI is InChI=1S/C23H31N3O3S.C22H29N3O.CH3ClO2S/c1-23(2,3)20-10-6-18(7-11-20)16-25-14-5-15-26(22(25)27)17-19-8-12-21(13-9-19)24-30(4,28)29;1-22(2,3)19-9-5-17(6-10-19)15-24-13-4-14-25(21(24)26)16-18-7-11-20(23)12-8-18;1-5(2,3)4/h6-13,24H,5,14-17H2,1-4H3;5-12H,4,13-16,23H2,1-3H3;1H3. The Kier molecular flexibility index (Phi) is 16.7. The van der Waals surface area contributed by atoms with Crippen LogP contribution in [0, 0.1) is 0 Å². The Morgan fingerprint density at radius 3 is 1.05 bits per heavy atom. The zero-order chi connectivity index (χ0) is 45.2. The van der Waals surface area contributed by atoms with Gasteiger partial charge in [-0.05, 0) is 81.3 Å². The average molecular weight is 896 g/mol. The molecular formula is C46H63ClN6O6S2. The summed E-state index contributed by atoms with van der Waals surface area (Å²) < 4.78 is 43.9. The normalized spacial score (nSPS) is 15.1. The van der Waals surface area contributed by atoms with E-state index in [4.69, 9.17) is 5.73 Å². The van der Waals surface area contributed by atoms with E-state index in [0.29, 0.717) is 31.9 Å². The Hall–Kier alpha value is -4.79. The number of nitrogens with two attached hydrogens (primary N) is 1. The Morgan fingerprint density at radius 1 is 0.525 bits per heavy atom. The summed E-state index contributed by atoms with van der Waals surface area (Å²) in [6.45, 7) is 18.7. The highest BCUT2D eigenvalue weighted by molar-refractivity contribution is 8.13. The second kappa shape index (κ2) is 20.9. The van der Waals surface area contributed by atoms with Crippen molar-refractivity contribution in [1.29, 1.82) is 0 Å². The van der Waals surface area contributed by atoms with E-state index < -0.39 is 19.1 Å². The van der Waals surface area contributed by atoms with Crippen molar-refractivity contribution < 1.29 is 26.4 Å². The highest BCUT2D eigenvalue weighted by Crippen LogP contribution is 2.25. The lowest BCUT2D eigenvalue weighted by Gasteiger charge is -2.36. The van der Waals surface area contributed by atoms with E-state index in [1.807, 2.05) is 56.0 Å². The fraction of sp³-hybridized carbons (Fsp3) is 0.435. The molecule has 0 bridgehead atoms. The molecule has 0 saturated carbocycles. The number of halogens is 1. The van der Waals surface area contributed by atoms with Gasteiger partial charge in [-0.3, -0.25) is 4.72 Å². The third-order valence-electron chi connectivity index (χ3n) is 10.2. The summed E-state index contributed by atoms with van der Waals surface area (Å²) in [7, 11) is -1.99. The number of hydrogen-bond acceptors (Lipinski definition) is 7. The van der Waals surface area contributed by atoms with E-state index in [1.54, 1.807) is 12.1 Å². The number of carbonyl (C=O) groups excluding carboxylic acids is 2. The third kappa shape index (κ3) is 16.9. The van der Waals surface area contributed by atoms with Gasteiger partial charge < -0.3 is 25.3 Å². The molecular weight excluding hydrogens is 832 g/mol. The first-order chi connectivity index (χ1) is 28.3. The van der Waals surface area contributed by atoms with Crippen LogP contribution in [-0.2, 0) is 56.1 Å². The van der Waals surface area contributed by atoms with Gasteiger partial charge in [0.1, 0.15) is 0 Å². The molecule has 6 rings (SSSR count). The summed E-state index contributed by atoms with van der Waals surface area (Å²) in [6.07, 6.45) is 3.98. The summed E-state index contributed by atoms with van der Waals surface area (Å²) in [5.74, 6) is 0. The summed E-state index contributed by atoms with van der Waals surface area (Å²) in [6, 6.07) is 32.2. The van der Waals surface area contributed by atoms with Crippen LogP contribution >= 0.6 is 10.7 Å². The molecule has 0 spiro atoms. The van der Waals surface area contributed by atoms with Gasteiger partial charge in [-0.1, -0.05) is 114 Å². The van der Waals surface area contributed by atoms with Crippen molar-refractivity contribution in [3.8, 4) is 0 Å². The molecule has 0 atom stereocenters. The second-order valence-corrected chi connectivity index (χ2v) is 22.6. The van der Waals surface area contributed by atoms with Crippen LogP contribution in [0.3, 0.4) is 0 Å². The van der Waals surface area contributed by atoms with Crippen LogP contribution < -0.4 is 10.5 Å². The molecule has 0 aromatic heterocycles. The van der Waals surface area contributed by atoms with Crippen molar-refractivity contribution in [3.63, 3.8) is 0 Å². The molecule has 4 aromatic rings. The van der Waals surface area contributed by atoms with Crippen molar-refractivity contribution in [2.45, 2.75) is 91.4 Å². The van der Waals surface area contributed by atoms with Gasteiger partial charge in [0.05, 0.1) is 12.5 Å². The van der Waals surface area contributed by atoms with Gasteiger partial charge in [0.25, 0.3) is 0 Å². The molecule has 4 amide bonds. The Morgan fingerprint density at radius 2 is 0.787 bits per heavy atom. The monoisotopic (exact) mass is 894 g/mol. The van der Waals surface area contributed by atoms with Crippen LogP contribution in [0.4, 0.5) is 21.0 Å². The van der Waals surface area contributed by atoms with E-state index >= 15 is 0 Å². The molecule has 2 aliphatic rings. The van der Waals surface area contributed by atoms with E-state index in [-0.39, 0.29) is 22.9 Å².